The van der Waals surface area contributed by atoms with Crippen molar-refractivity contribution in [3.63, 3.8) is 0 Å². The van der Waals surface area contributed by atoms with Crippen molar-refractivity contribution in [3.8, 4) is 0 Å². The number of halogens is 4. The number of hydrogen-bond acceptors (Lipinski definition) is 4. The molecule has 1 fully saturated rings. The molecule has 0 amide bonds. The molecule has 2 aromatic rings. The Labute approximate surface area is 245 Å². The van der Waals surface area contributed by atoms with Gasteiger partial charge in [-0.05, 0) is 89.5 Å². The fourth-order valence-electron chi connectivity index (χ4n) is 5.44. The van der Waals surface area contributed by atoms with Crippen LogP contribution in [0.1, 0.15) is 106 Å². The molecule has 0 bridgehead atoms. The third kappa shape index (κ3) is 6.57. The molecule has 1 N–H and O–H groups in total. The Morgan fingerprint density at radius 3 is 2.23 bits per heavy atom. The lowest BCUT2D eigenvalue weighted by Gasteiger charge is -2.45. The van der Waals surface area contributed by atoms with E-state index in [2.05, 4.69) is 70.3 Å². The second kappa shape index (κ2) is 11.0. The summed E-state index contributed by atoms with van der Waals surface area (Å²) in [6, 6.07) is 4.83. The highest BCUT2D eigenvalue weighted by Crippen LogP contribution is 2.50. The fraction of sp³-hybridized carbons (Fsp3) is 0.633. The summed E-state index contributed by atoms with van der Waals surface area (Å²) in [5.41, 5.74) is 3.29. The smallest absolute Gasteiger partial charge is 0.410 e. The Bertz CT molecular complexity index is 1190. The first-order chi connectivity index (χ1) is 17.9. The number of aliphatic hydroxyl groups excluding tert-OH is 1. The number of ether oxygens (including phenoxy) is 1. The number of pyridine rings is 1. The van der Waals surface area contributed by atoms with Gasteiger partial charge in [-0.1, -0.05) is 46.8 Å². The number of hydrogen-bond donors (Lipinski definition) is 1. The van der Waals surface area contributed by atoms with Crippen molar-refractivity contribution in [2.24, 2.45) is 5.41 Å². The van der Waals surface area contributed by atoms with Crippen molar-refractivity contribution >= 4 is 30.9 Å². The Morgan fingerprint density at radius 2 is 1.69 bits per heavy atom. The van der Waals surface area contributed by atoms with Crippen molar-refractivity contribution < 1.29 is 27.4 Å². The number of alkyl halides is 3. The Kier molecular flexibility index (Phi) is 8.73. The van der Waals surface area contributed by atoms with Crippen LogP contribution in [-0.2, 0) is 21.8 Å². The number of aliphatic hydroxyl groups is 1. The van der Waals surface area contributed by atoms with Gasteiger partial charge in [0.1, 0.15) is 6.10 Å². The van der Waals surface area contributed by atoms with E-state index in [9.17, 15) is 18.3 Å². The molecule has 2 atom stereocenters. The van der Waals surface area contributed by atoms with E-state index in [4.69, 9.17) is 14.1 Å². The maximum absolute atomic E-state index is 13.2. The molecular weight excluding hydrogens is 634 g/mol. The molecule has 1 aromatic heterocycles. The molecule has 1 saturated heterocycles. The highest BCUT2D eigenvalue weighted by atomic mass is 127. The molecule has 39 heavy (non-hydrogen) atoms. The maximum atomic E-state index is 13.2. The molecule has 2 heterocycles. The third-order valence-corrected chi connectivity index (χ3v) is 14.3. The summed E-state index contributed by atoms with van der Waals surface area (Å²) in [4.78, 5) is 5.27. The van der Waals surface area contributed by atoms with E-state index in [1.54, 1.807) is 0 Å². The van der Waals surface area contributed by atoms with Crippen molar-refractivity contribution in [3.05, 3.63) is 61.5 Å². The first-order valence-electron chi connectivity index (χ1n) is 13.7. The van der Waals surface area contributed by atoms with Crippen LogP contribution in [0, 0.1) is 8.99 Å². The van der Waals surface area contributed by atoms with Gasteiger partial charge in [0.25, 0.3) is 0 Å². The normalized spacial score (nSPS) is 21.5. The molecule has 1 aromatic carbocycles. The molecular formula is C30H41F3INO3Si. The van der Waals surface area contributed by atoms with Crippen LogP contribution in [0.4, 0.5) is 13.2 Å². The maximum Gasteiger partial charge on any atom is 0.416 e. The van der Waals surface area contributed by atoms with Gasteiger partial charge in [-0.3, -0.25) is 4.98 Å². The summed E-state index contributed by atoms with van der Waals surface area (Å²) in [5, 5.41) is 11.8. The van der Waals surface area contributed by atoms with Crippen molar-refractivity contribution in [2.75, 3.05) is 13.2 Å². The minimum atomic E-state index is -4.43. The van der Waals surface area contributed by atoms with Crippen LogP contribution in [0.15, 0.2) is 24.3 Å². The average molecular weight is 676 g/mol. The van der Waals surface area contributed by atoms with Crippen LogP contribution in [-0.4, -0.2) is 31.6 Å². The molecule has 0 saturated carbocycles. The zero-order valence-corrected chi connectivity index (χ0v) is 27.2. The molecule has 216 valence electrons. The molecule has 2 aliphatic rings. The van der Waals surface area contributed by atoms with Crippen molar-refractivity contribution in [2.45, 2.75) is 103 Å². The number of benzene rings is 1. The van der Waals surface area contributed by atoms with Gasteiger partial charge in [-0.2, -0.15) is 13.2 Å². The van der Waals surface area contributed by atoms with Gasteiger partial charge in [-0.25, -0.2) is 0 Å². The summed E-state index contributed by atoms with van der Waals surface area (Å²) in [7, 11) is -2.14. The third-order valence-electron chi connectivity index (χ3n) is 8.70. The van der Waals surface area contributed by atoms with Gasteiger partial charge in [0.05, 0.1) is 17.4 Å². The van der Waals surface area contributed by atoms with Gasteiger partial charge >= 0.3 is 6.18 Å². The first-order valence-corrected chi connectivity index (χ1v) is 17.7. The van der Waals surface area contributed by atoms with Gasteiger partial charge in [0, 0.05) is 39.5 Å². The van der Waals surface area contributed by atoms with E-state index in [0.29, 0.717) is 24.3 Å². The standard InChI is InChI=1S/C30H41F3INO3Si/c1-28(2,3)39(6,7)38-22-17-29(4,5)16-21-23(22)25(34)24(26(35-21)18-12-14-37-15-13-18)27(36)19-8-10-20(11-9-19)30(31,32)33/h8-11,18,22,27,36H,12-17H2,1-7H3/t22-,27+/m0/s1. The number of aromatic nitrogens is 1. The zero-order valence-electron chi connectivity index (χ0n) is 24.0. The fourth-order valence-corrected chi connectivity index (χ4v) is 7.93. The van der Waals surface area contributed by atoms with E-state index in [0.717, 1.165) is 58.3 Å². The van der Waals surface area contributed by atoms with Crippen LogP contribution in [0.25, 0.3) is 0 Å². The predicted molar refractivity (Wildman–Crippen MR) is 158 cm³/mol. The van der Waals surface area contributed by atoms with E-state index in [1.807, 2.05) is 0 Å². The van der Waals surface area contributed by atoms with Gasteiger partial charge in [-0.15, -0.1) is 0 Å². The number of rotatable bonds is 5. The lowest BCUT2D eigenvalue weighted by molar-refractivity contribution is -0.137. The monoisotopic (exact) mass is 675 g/mol. The summed E-state index contributed by atoms with van der Waals surface area (Å²) < 4.78 is 53.3. The quantitative estimate of drug-likeness (QED) is 0.255. The van der Waals surface area contributed by atoms with E-state index in [1.165, 1.54) is 12.1 Å². The van der Waals surface area contributed by atoms with E-state index >= 15 is 0 Å². The summed E-state index contributed by atoms with van der Waals surface area (Å²) in [6.07, 6.45) is -2.45. The van der Waals surface area contributed by atoms with E-state index < -0.39 is 26.2 Å². The van der Waals surface area contributed by atoms with Gasteiger partial charge < -0.3 is 14.3 Å². The van der Waals surface area contributed by atoms with Crippen LogP contribution in [0.2, 0.25) is 18.1 Å². The summed E-state index contributed by atoms with van der Waals surface area (Å²) in [6.45, 7) is 16.9. The molecule has 1 aliphatic heterocycles. The predicted octanol–water partition coefficient (Wildman–Crippen LogP) is 8.72. The van der Waals surface area contributed by atoms with E-state index in [-0.39, 0.29) is 22.5 Å². The van der Waals surface area contributed by atoms with Gasteiger partial charge in [0.2, 0.25) is 0 Å². The summed E-state index contributed by atoms with van der Waals surface area (Å²) >= 11 is 2.33. The molecule has 4 rings (SSSR count). The van der Waals surface area contributed by atoms with Crippen LogP contribution in [0.5, 0.6) is 0 Å². The largest absolute Gasteiger partial charge is 0.416 e. The van der Waals surface area contributed by atoms with Crippen molar-refractivity contribution in [1.82, 2.24) is 4.98 Å². The SMILES string of the molecule is CC1(C)Cc2nc(C3CCOCC3)c([C@H](O)c3ccc(C(F)(F)F)cc3)c(I)c2[C@@H](O[Si](C)(C)C(C)(C)C)C1. The lowest BCUT2D eigenvalue weighted by Crippen LogP contribution is -2.44. The Morgan fingerprint density at radius 1 is 1.10 bits per heavy atom. The second-order valence-corrected chi connectivity index (χ2v) is 19.2. The second-order valence-electron chi connectivity index (χ2n) is 13.4. The highest BCUT2D eigenvalue weighted by molar-refractivity contribution is 14.1. The summed E-state index contributed by atoms with van der Waals surface area (Å²) in [5.74, 6) is 0.112. The number of nitrogens with zero attached hydrogens (tertiary/aromatic N) is 1. The molecule has 0 radical (unpaired) electrons. The van der Waals surface area contributed by atoms with Crippen molar-refractivity contribution in [1.29, 1.82) is 0 Å². The topological polar surface area (TPSA) is 51.6 Å². The molecule has 0 unspecified atom stereocenters. The van der Waals surface area contributed by atoms with Crippen LogP contribution < -0.4 is 0 Å². The minimum Gasteiger partial charge on any atom is -0.410 e. The van der Waals surface area contributed by atoms with Crippen LogP contribution in [0.3, 0.4) is 0 Å². The molecule has 9 heteroatoms. The Hall–Kier alpha value is -1.01. The Balaban J connectivity index is 1.88. The number of fused-ring (bicyclic) bond motifs is 1. The lowest BCUT2D eigenvalue weighted by atomic mass is 9.74. The van der Waals surface area contributed by atoms with Gasteiger partial charge in [0.15, 0.2) is 8.32 Å². The molecule has 0 spiro atoms. The molecule has 4 nitrogen and oxygen atoms in total. The average Bonchev–Trinajstić information content (AvgIpc) is 2.81. The highest BCUT2D eigenvalue weighted by Gasteiger charge is 2.45. The molecule has 1 aliphatic carbocycles. The zero-order chi connectivity index (χ0) is 29.0. The first kappa shape index (κ1) is 30.9. The van der Waals surface area contributed by atoms with Crippen LogP contribution >= 0.6 is 22.6 Å². The minimum absolute atomic E-state index is 0.00336.